The van der Waals surface area contributed by atoms with Gasteiger partial charge in [0.15, 0.2) is 11.5 Å². The van der Waals surface area contributed by atoms with E-state index >= 15 is 0 Å². The number of nitrogens with one attached hydrogen (secondary N) is 1. The van der Waals surface area contributed by atoms with Crippen molar-refractivity contribution in [1.82, 2.24) is 4.57 Å². The summed E-state index contributed by atoms with van der Waals surface area (Å²) in [6.07, 6.45) is 0. The molecule has 4 rings (SSSR count). The second-order valence-electron chi connectivity index (χ2n) is 5.76. The number of pyridine rings is 1. The Labute approximate surface area is 138 Å². The van der Waals surface area contributed by atoms with Gasteiger partial charge < -0.3 is 14.0 Å². The number of benzene rings is 2. The van der Waals surface area contributed by atoms with Crippen LogP contribution in [0.4, 0.5) is 0 Å². The van der Waals surface area contributed by atoms with Crippen LogP contribution >= 0.6 is 0 Å². The molecule has 0 unspecified atom stereocenters. The van der Waals surface area contributed by atoms with Gasteiger partial charge in [0.25, 0.3) is 5.56 Å². The van der Waals surface area contributed by atoms with Crippen LogP contribution < -0.4 is 15.0 Å². The number of ether oxygens (including phenoxy) is 2. The van der Waals surface area contributed by atoms with Crippen molar-refractivity contribution in [2.75, 3.05) is 14.2 Å². The highest BCUT2D eigenvalue weighted by molar-refractivity contribution is 6.28. The van der Waals surface area contributed by atoms with Crippen LogP contribution in [-0.4, -0.2) is 24.5 Å². The van der Waals surface area contributed by atoms with E-state index in [9.17, 15) is 4.79 Å². The lowest BCUT2D eigenvalue weighted by molar-refractivity contribution is 0.355. The molecule has 0 atom stereocenters. The maximum Gasteiger partial charge on any atom is 0.259 e. The molecule has 0 saturated carbocycles. The lowest BCUT2D eigenvalue weighted by Crippen LogP contribution is -2.20. The Morgan fingerprint density at radius 2 is 1.58 bits per heavy atom. The third-order valence-electron chi connectivity index (χ3n) is 4.62. The third kappa shape index (κ3) is 1.69. The zero-order valence-corrected chi connectivity index (χ0v) is 13.6. The molecule has 1 aromatic heterocycles. The van der Waals surface area contributed by atoms with Crippen molar-refractivity contribution in [2.45, 2.75) is 0 Å². The number of aromatic nitrogens is 1. The molecular weight excluding hydrogens is 304 g/mol. The zero-order valence-electron chi connectivity index (χ0n) is 13.6. The maximum atomic E-state index is 12.9. The van der Waals surface area contributed by atoms with Crippen molar-refractivity contribution in [3.63, 3.8) is 0 Å². The van der Waals surface area contributed by atoms with Gasteiger partial charge in [0, 0.05) is 29.6 Å². The van der Waals surface area contributed by atoms with Gasteiger partial charge in [-0.15, -0.1) is 0 Å². The largest absolute Gasteiger partial charge is 0.493 e. The van der Waals surface area contributed by atoms with Crippen LogP contribution in [0.3, 0.4) is 0 Å². The Kier molecular flexibility index (Phi) is 3.00. The van der Waals surface area contributed by atoms with Crippen LogP contribution in [-0.2, 0) is 7.05 Å². The molecule has 1 aliphatic rings. The van der Waals surface area contributed by atoms with Gasteiger partial charge in [-0.1, -0.05) is 24.3 Å². The van der Waals surface area contributed by atoms with Gasteiger partial charge in [-0.25, -0.2) is 0 Å². The fourth-order valence-electron chi connectivity index (χ4n) is 3.43. The van der Waals surface area contributed by atoms with Gasteiger partial charge in [0.1, 0.15) is 0 Å². The Morgan fingerprint density at radius 1 is 0.958 bits per heavy atom. The van der Waals surface area contributed by atoms with Gasteiger partial charge in [0.2, 0.25) is 0 Å². The first-order valence-corrected chi connectivity index (χ1v) is 7.56. The van der Waals surface area contributed by atoms with Crippen LogP contribution in [0.25, 0.3) is 22.0 Å². The number of nitrogens with zero attached hydrogens (tertiary/aromatic N) is 1. The first kappa shape index (κ1) is 14.5. The van der Waals surface area contributed by atoms with Crippen molar-refractivity contribution >= 4 is 16.6 Å². The molecule has 0 bridgehead atoms. The standard InChI is InChI=1S/C19H16N2O3/c1-21-13-9-15(24-3)14(23-2)8-12(13)16-17(19(21)22)10-6-4-5-7-11(10)18(16)20/h4-9,20H,1-3H3. The quantitative estimate of drug-likeness (QED) is 0.617. The predicted octanol–water partition coefficient (Wildman–Crippen LogP) is 2.95. The highest BCUT2D eigenvalue weighted by atomic mass is 16.5. The van der Waals surface area contributed by atoms with E-state index in [1.165, 1.54) is 0 Å². The van der Waals surface area contributed by atoms with E-state index in [1.54, 1.807) is 31.9 Å². The van der Waals surface area contributed by atoms with E-state index in [0.29, 0.717) is 33.9 Å². The second kappa shape index (κ2) is 4.96. The third-order valence-corrected chi connectivity index (χ3v) is 4.62. The van der Waals surface area contributed by atoms with Crippen LogP contribution in [0.2, 0.25) is 0 Å². The maximum absolute atomic E-state index is 12.9. The minimum absolute atomic E-state index is 0.112. The molecule has 0 fully saturated rings. The van der Waals surface area contributed by atoms with E-state index in [-0.39, 0.29) is 5.56 Å². The summed E-state index contributed by atoms with van der Waals surface area (Å²) < 4.78 is 12.4. The molecule has 5 heteroatoms. The number of hydrogen-bond donors (Lipinski definition) is 1. The highest BCUT2D eigenvalue weighted by Gasteiger charge is 2.30. The summed E-state index contributed by atoms with van der Waals surface area (Å²) in [5.74, 6) is 1.14. The summed E-state index contributed by atoms with van der Waals surface area (Å²) in [4.78, 5) is 12.9. The van der Waals surface area contributed by atoms with Crippen molar-refractivity contribution in [2.24, 2.45) is 7.05 Å². The fourth-order valence-corrected chi connectivity index (χ4v) is 3.43. The summed E-state index contributed by atoms with van der Waals surface area (Å²) in [6.45, 7) is 0. The number of hydrogen-bond acceptors (Lipinski definition) is 4. The first-order valence-electron chi connectivity index (χ1n) is 7.56. The smallest absolute Gasteiger partial charge is 0.259 e. The lowest BCUT2D eigenvalue weighted by Gasteiger charge is -2.14. The zero-order chi connectivity index (χ0) is 17.0. The predicted molar refractivity (Wildman–Crippen MR) is 93.7 cm³/mol. The summed E-state index contributed by atoms with van der Waals surface area (Å²) in [6, 6.07) is 11.2. The number of rotatable bonds is 2. The molecule has 24 heavy (non-hydrogen) atoms. The highest BCUT2D eigenvalue weighted by Crippen LogP contribution is 2.40. The Balaban J connectivity index is 2.22. The van der Waals surface area contributed by atoms with Crippen LogP contribution in [0.1, 0.15) is 11.1 Å². The molecule has 1 aliphatic carbocycles. The van der Waals surface area contributed by atoms with Crippen molar-refractivity contribution in [1.29, 1.82) is 5.41 Å². The fraction of sp³-hybridized carbons (Fsp3) is 0.158. The summed E-state index contributed by atoms with van der Waals surface area (Å²) >= 11 is 0. The number of fused-ring (bicyclic) bond motifs is 5. The van der Waals surface area contributed by atoms with E-state index < -0.39 is 0 Å². The molecule has 1 heterocycles. The summed E-state index contributed by atoms with van der Waals surface area (Å²) in [5, 5.41) is 9.38. The molecule has 5 nitrogen and oxygen atoms in total. The summed E-state index contributed by atoms with van der Waals surface area (Å²) in [5.41, 5.74) is 3.82. The van der Waals surface area contributed by atoms with Crippen LogP contribution in [0.5, 0.6) is 11.5 Å². The minimum Gasteiger partial charge on any atom is -0.493 e. The molecule has 2 aromatic carbocycles. The molecule has 0 saturated heterocycles. The molecule has 0 spiro atoms. The van der Waals surface area contributed by atoms with Crippen LogP contribution in [0.15, 0.2) is 41.2 Å². The number of aryl methyl sites for hydroxylation is 1. The van der Waals surface area contributed by atoms with Gasteiger partial charge in [-0.05, 0) is 11.6 Å². The van der Waals surface area contributed by atoms with E-state index in [2.05, 4.69) is 0 Å². The molecule has 120 valence electrons. The van der Waals surface area contributed by atoms with Gasteiger partial charge in [-0.2, -0.15) is 0 Å². The number of methoxy groups -OCH3 is 2. The average molecular weight is 320 g/mol. The summed E-state index contributed by atoms with van der Waals surface area (Å²) in [7, 11) is 4.88. The SMILES string of the molecule is COc1cc2c3c(c(=O)n(C)c2cc1OC)-c1ccccc1C3=N. The normalized spacial score (nSPS) is 12.2. The molecule has 0 amide bonds. The molecular formula is C19H16N2O3. The average Bonchev–Trinajstić information content (AvgIpc) is 2.92. The Bertz CT molecular complexity index is 1080. The van der Waals surface area contributed by atoms with Gasteiger partial charge in [-0.3, -0.25) is 10.2 Å². The van der Waals surface area contributed by atoms with Crippen molar-refractivity contribution in [3.05, 3.63) is 57.9 Å². The van der Waals surface area contributed by atoms with Crippen molar-refractivity contribution < 1.29 is 9.47 Å². The lowest BCUT2D eigenvalue weighted by atomic mass is 10.0. The van der Waals surface area contributed by atoms with Crippen molar-refractivity contribution in [3.8, 4) is 22.6 Å². The van der Waals surface area contributed by atoms with Gasteiger partial charge in [0.05, 0.1) is 31.0 Å². The minimum atomic E-state index is -0.112. The monoisotopic (exact) mass is 320 g/mol. The molecule has 3 aromatic rings. The van der Waals surface area contributed by atoms with E-state index in [0.717, 1.165) is 16.5 Å². The molecule has 0 aliphatic heterocycles. The topological polar surface area (TPSA) is 64.3 Å². The van der Waals surface area contributed by atoms with E-state index in [4.69, 9.17) is 14.9 Å². The van der Waals surface area contributed by atoms with Crippen LogP contribution in [0, 0.1) is 5.41 Å². The Morgan fingerprint density at radius 3 is 2.25 bits per heavy atom. The second-order valence-corrected chi connectivity index (χ2v) is 5.76. The first-order chi connectivity index (χ1) is 11.6. The molecule has 0 radical (unpaired) electrons. The Hall–Kier alpha value is -3.08. The molecule has 1 N–H and O–H groups in total. The van der Waals surface area contributed by atoms with E-state index in [1.807, 2.05) is 30.3 Å². The van der Waals surface area contributed by atoms with Gasteiger partial charge >= 0.3 is 0 Å².